The summed E-state index contributed by atoms with van der Waals surface area (Å²) in [7, 11) is 1.61. The van der Waals surface area contributed by atoms with Crippen LogP contribution in [0.15, 0.2) is 27.3 Å². The van der Waals surface area contributed by atoms with Gasteiger partial charge in [0.05, 0.1) is 12.3 Å². The van der Waals surface area contributed by atoms with Crippen LogP contribution in [0.1, 0.15) is 5.69 Å². The number of hydrogen-bond donors (Lipinski definition) is 1. The quantitative estimate of drug-likeness (QED) is 0.816. The number of nitrogens with zero attached hydrogens (tertiary/aromatic N) is 1. The van der Waals surface area contributed by atoms with Gasteiger partial charge in [-0.1, -0.05) is 15.9 Å². The van der Waals surface area contributed by atoms with Crippen LogP contribution in [0.4, 0.5) is 8.78 Å². The zero-order chi connectivity index (χ0) is 14.5. The standard InChI is InChI=1S/C13H13BrF2N2O2/c1-19-3-2-17-6-9-7-20-13(18-9)12-10(15)4-8(14)5-11(12)16/h4-5,7,17H,2-3,6H2,1H3. The normalized spacial score (nSPS) is 11.0. The Labute approximate surface area is 123 Å². The topological polar surface area (TPSA) is 47.3 Å². The van der Waals surface area contributed by atoms with Gasteiger partial charge in [-0.2, -0.15) is 0 Å². The van der Waals surface area contributed by atoms with Gasteiger partial charge in [0.2, 0.25) is 5.89 Å². The molecule has 20 heavy (non-hydrogen) atoms. The predicted octanol–water partition coefficient (Wildman–Crippen LogP) is 3.12. The lowest BCUT2D eigenvalue weighted by atomic mass is 10.2. The van der Waals surface area contributed by atoms with Crippen LogP contribution in [0.2, 0.25) is 0 Å². The molecule has 7 heteroatoms. The zero-order valence-corrected chi connectivity index (χ0v) is 12.3. The minimum Gasteiger partial charge on any atom is -0.444 e. The van der Waals surface area contributed by atoms with Gasteiger partial charge >= 0.3 is 0 Å². The maximum atomic E-state index is 13.8. The van der Waals surface area contributed by atoms with Gasteiger partial charge in [0.15, 0.2) is 0 Å². The largest absolute Gasteiger partial charge is 0.444 e. The number of hydrogen-bond acceptors (Lipinski definition) is 4. The lowest BCUT2D eigenvalue weighted by Gasteiger charge is -2.01. The Morgan fingerprint density at radius 2 is 2.05 bits per heavy atom. The van der Waals surface area contributed by atoms with Crippen molar-refractivity contribution >= 4 is 15.9 Å². The smallest absolute Gasteiger partial charge is 0.232 e. The van der Waals surface area contributed by atoms with Gasteiger partial charge in [-0.15, -0.1) is 0 Å². The Balaban J connectivity index is 2.13. The summed E-state index contributed by atoms with van der Waals surface area (Å²) >= 11 is 3.02. The highest BCUT2D eigenvalue weighted by molar-refractivity contribution is 9.10. The second-order valence-electron chi connectivity index (χ2n) is 4.06. The molecular weight excluding hydrogens is 334 g/mol. The average Bonchev–Trinajstić information content (AvgIpc) is 2.82. The van der Waals surface area contributed by atoms with Crippen LogP contribution >= 0.6 is 15.9 Å². The molecule has 0 aliphatic rings. The van der Waals surface area contributed by atoms with Gasteiger partial charge in [-0.05, 0) is 12.1 Å². The van der Waals surface area contributed by atoms with E-state index in [1.165, 1.54) is 18.4 Å². The predicted molar refractivity (Wildman–Crippen MR) is 73.1 cm³/mol. The minimum atomic E-state index is -0.724. The summed E-state index contributed by atoms with van der Waals surface area (Å²) in [6.07, 6.45) is 1.37. The summed E-state index contributed by atoms with van der Waals surface area (Å²) in [6, 6.07) is 2.33. The molecule has 108 valence electrons. The van der Waals surface area contributed by atoms with E-state index in [0.717, 1.165) is 0 Å². The molecule has 1 aromatic heterocycles. The van der Waals surface area contributed by atoms with Crippen LogP contribution < -0.4 is 5.32 Å². The van der Waals surface area contributed by atoms with Crippen molar-refractivity contribution in [2.45, 2.75) is 6.54 Å². The highest BCUT2D eigenvalue weighted by Crippen LogP contribution is 2.28. The van der Waals surface area contributed by atoms with Gasteiger partial charge in [-0.25, -0.2) is 13.8 Å². The van der Waals surface area contributed by atoms with Crippen LogP contribution in [0.3, 0.4) is 0 Å². The fourth-order valence-corrected chi connectivity index (χ4v) is 2.04. The number of oxazole rings is 1. The molecule has 0 spiro atoms. The van der Waals surface area contributed by atoms with Crippen molar-refractivity contribution in [1.29, 1.82) is 0 Å². The average molecular weight is 347 g/mol. The number of nitrogens with one attached hydrogen (secondary N) is 1. The van der Waals surface area contributed by atoms with Gasteiger partial charge in [0, 0.05) is 24.7 Å². The first-order valence-electron chi connectivity index (χ1n) is 5.90. The van der Waals surface area contributed by atoms with Crippen LogP contribution in [0, 0.1) is 11.6 Å². The molecule has 0 saturated carbocycles. The van der Waals surface area contributed by atoms with Crippen molar-refractivity contribution in [2.75, 3.05) is 20.3 Å². The first-order valence-corrected chi connectivity index (χ1v) is 6.70. The minimum absolute atomic E-state index is 0.0731. The maximum Gasteiger partial charge on any atom is 0.232 e. The Morgan fingerprint density at radius 3 is 2.70 bits per heavy atom. The number of benzene rings is 1. The molecule has 0 radical (unpaired) electrons. The van der Waals surface area contributed by atoms with Crippen LogP contribution in [-0.2, 0) is 11.3 Å². The van der Waals surface area contributed by atoms with Gasteiger partial charge in [0.1, 0.15) is 23.5 Å². The first-order chi connectivity index (χ1) is 9.61. The molecule has 0 aliphatic heterocycles. The number of ether oxygens (including phenoxy) is 1. The van der Waals surface area contributed by atoms with E-state index in [9.17, 15) is 8.78 Å². The van der Waals surface area contributed by atoms with Crippen molar-refractivity contribution in [1.82, 2.24) is 10.3 Å². The fourth-order valence-electron chi connectivity index (χ4n) is 1.64. The van der Waals surface area contributed by atoms with Gasteiger partial charge in [-0.3, -0.25) is 0 Å². The summed E-state index contributed by atoms with van der Waals surface area (Å²) in [6.45, 7) is 1.66. The van der Waals surface area contributed by atoms with E-state index in [1.54, 1.807) is 7.11 Å². The molecule has 1 aromatic carbocycles. The van der Waals surface area contributed by atoms with Crippen molar-refractivity contribution in [3.05, 3.63) is 40.2 Å². The van der Waals surface area contributed by atoms with E-state index in [1.807, 2.05) is 0 Å². The molecule has 0 aliphatic carbocycles. The Hall–Kier alpha value is -1.31. The van der Waals surface area contributed by atoms with Crippen LogP contribution in [0.5, 0.6) is 0 Å². The summed E-state index contributed by atoms with van der Waals surface area (Å²) in [4.78, 5) is 4.06. The van der Waals surface area contributed by atoms with E-state index in [4.69, 9.17) is 9.15 Å². The number of methoxy groups -OCH3 is 1. The highest BCUT2D eigenvalue weighted by Gasteiger charge is 2.17. The highest BCUT2D eigenvalue weighted by atomic mass is 79.9. The van der Waals surface area contributed by atoms with Crippen LogP contribution in [0.25, 0.3) is 11.5 Å². The molecule has 2 aromatic rings. The summed E-state index contributed by atoms with van der Waals surface area (Å²) in [5.74, 6) is -1.52. The molecule has 2 rings (SSSR count). The third kappa shape index (κ3) is 3.62. The first kappa shape index (κ1) is 15.1. The molecule has 0 atom stereocenters. The molecule has 0 fully saturated rings. The second kappa shape index (κ2) is 6.92. The third-order valence-corrected chi connectivity index (χ3v) is 3.02. The Kier molecular flexibility index (Phi) is 5.22. The molecular formula is C13H13BrF2N2O2. The third-order valence-electron chi connectivity index (χ3n) is 2.56. The number of rotatable bonds is 6. The van der Waals surface area contributed by atoms with E-state index < -0.39 is 11.6 Å². The van der Waals surface area contributed by atoms with Crippen LogP contribution in [-0.4, -0.2) is 25.2 Å². The van der Waals surface area contributed by atoms with Crippen molar-refractivity contribution in [2.24, 2.45) is 0 Å². The molecule has 0 unspecified atom stereocenters. The number of aromatic nitrogens is 1. The van der Waals surface area contributed by atoms with Gasteiger partial charge in [0.25, 0.3) is 0 Å². The summed E-state index contributed by atoms with van der Waals surface area (Å²) in [5, 5.41) is 3.06. The van der Waals surface area contributed by atoms with Crippen molar-refractivity contribution in [3.8, 4) is 11.5 Å². The number of halogens is 3. The van der Waals surface area contributed by atoms with E-state index >= 15 is 0 Å². The molecule has 0 bridgehead atoms. The van der Waals surface area contributed by atoms with E-state index in [-0.39, 0.29) is 11.5 Å². The lowest BCUT2D eigenvalue weighted by Crippen LogP contribution is -2.18. The van der Waals surface area contributed by atoms with Crippen molar-refractivity contribution in [3.63, 3.8) is 0 Å². The second-order valence-corrected chi connectivity index (χ2v) is 4.97. The maximum absolute atomic E-state index is 13.8. The monoisotopic (exact) mass is 346 g/mol. The van der Waals surface area contributed by atoms with E-state index in [2.05, 4.69) is 26.2 Å². The lowest BCUT2D eigenvalue weighted by molar-refractivity contribution is 0.199. The zero-order valence-electron chi connectivity index (χ0n) is 10.8. The van der Waals surface area contributed by atoms with E-state index in [0.29, 0.717) is 29.9 Å². The molecule has 0 saturated heterocycles. The van der Waals surface area contributed by atoms with Crippen molar-refractivity contribution < 1.29 is 17.9 Å². The Bertz CT molecular complexity index is 566. The molecule has 0 amide bonds. The fraction of sp³-hybridized carbons (Fsp3) is 0.308. The summed E-state index contributed by atoms with van der Waals surface area (Å²) < 4.78 is 37.9. The van der Waals surface area contributed by atoms with Gasteiger partial charge < -0.3 is 14.5 Å². The Morgan fingerprint density at radius 1 is 1.35 bits per heavy atom. The summed E-state index contributed by atoms with van der Waals surface area (Å²) in [5.41, 5.74) is 0.300. The molecule has 1 N–H and O–H groups in total. The molecule has 1 heterocycles. The molecule has 4 nitrogen and oxygen atoms in total. The SMILES string of the molecule is COCCNCc1coc(-c2c(F)cc(Br)cc2F)n1.